The molecule has 0 fully saturated rings. The van der Waals surface area contributed by atoms with Gasteiger partial charge in [0, 0.05) is 12.5 Å². The highest BCUT2D eigenvalue weighted by molar-refractivity contribution is 7.92. The highest BCUT2D eigenvalue weighted by atomic mass is 35.5. The zero-order valence-corrected chi connectivity index (χ0v) is 14.9. The lowest BCUT2D eigenvalue weighted by atomic mass is 10.2. The van der Waals surface area contributed by atoms with E-state index in [9.17, 15) is 8.42 Å². The largest absolute Gasteiger partial charge is 0.334 e. The zero-order chi connectivity index (χ0) is 16.2. The third-order valence-electron chi connectivity index (χ3n) is 3.25. The molecule has 23 heavy (non-hydrogen) atoms. The minimum atomic E-state index is -3.37. The minimum Gasteiger partial charge on any atom is -0.334 e. The van der Waals surface area contributed by atoms with E-state index in [1.165, 1.54) is 0 Å². The van der Waals surface area contributed by atoms with Crippen molar-refractivity contribution in [2.75, 3.05) is 17.5 Å². The number of halogens is 1. The Balaban J connectivity index is 0.00000264. The van der Waals surface area contributed by atoms with Crippen molar-refractivity contribution in [3.63, 3.8) is 0 Å². The summed E-state index contributed by atoms with van der Waals surface area (Å²) < 4.78 is 31.3. The van der Waals surface area contributed by atoms with Crippen molar-refractivity contribution >= 4 is 28.1 Å². The van der Waals surface area contributed by atoms with Crippen LogP contribution < -0.4 is 10.0 Å². The molecule has 1 aromatic heterocycles. The van der Waals surface area contributed by atoms with Gasteiger partial charge in [-0.15, -0.1) is 12.4 Å². The summed E-state index contributed by atoms with van der Waals surface area (Å²) in [5.41, 5.74) is 0.997. The Hall–Kier alpha value is -1.64. The van der Waals surface area contributed by atoms with Crippen molar-refractivity contribution in [2.24, 2.45) is 0 Å². The van der Waals surface area contributed by atoms with E-state index in [1.807, 2.05) is 14.0 Å². The molecule has 9 heteroatoms. The van der Waals surface area contributed by atoms with Crippen LogP contribution in [0, 0.1) is 0 Å². The Morgan fingerprint density at radius 1 is 1.30 bits per heavy atom. The summed E-state index contributed by atoms with van der Waals surface area (Å²) in [6.07, 6.45) is 0.628. The van der Waals surface area contributed by atoms with Crippen LogP contribution >= 0.6 is 12.4 Å². The molecule has 0 aliphatic carbocycles. The molecule has 7 nitrogen and oxygen atoms in total. The summed E-state index contributed by atoms with van der Waals surface area (Å²) >= 11 is 0. The van der Waals surface area contributed by atoms with E-state index in [0.29, 0.717) is 29.4 Å². The predicted octanol–water partition coefficient (Wildman–Crippen LogP) is 2.07. The summed E-state index contributed by atoms with van der Waals surface area (Å²) in [7, 11) is -1.51. The second-order valence-corrected chi connectivity index (χ2v) is 6.97. The van der Waals surface area contributed by atoms with Gasteiger partial charge >= 0.3 is 0 Å². The molecule has 0 amide bonds. The van der Waals surface area contributed by atoms with Crippen molar-refractivity contribution in [2.45, 2.75) is 26.3 Å². The molecule has 0 spiro atoms. The van der Waals surface area contributed by atoms with Crippen LogP contribution in [0.25, 0.3) is 11.5 Å². The Bertz CT molecular complexity index is 733. The SMILES string of the molecule is CCS(=O)(=O)Nc1ccccc1-c1nc(CC(C)NC)no1.Cl. The van der Waals surface area contributed by atoms with Crippen LogP contribution in [0.5, 0.6) is 0 Å². The maximum Gasteiger partial charge on any atom is 0.260 e. The van der Waals surface area contributed by atoms with E-state index in [0.717, 1.165) is 0 Å². The molecule has 2 N–H and O–H groups in total. The average molecular weight is 361 g/mol. The minimum absolute atomic E-state index is 0. The van der Waals surface area contributed by atoms with Crippen LogP contribution in [0.4, 0.5) is 5.69 Å². The molecular weight excluding hydrogens is 340 g/mol. The molecule has 0 aliphatic heterocycles. The highest BCUT2D eigenvalue weighted by Gasteiger charge is 2.16. The molecule has 1 atom stereocenters. The number of likely N-dealkylation sites (N-methyl/N-ethyl adjacent to an activating group) is 1. The quantitative estimate of drug-likeness (QED) is 0.784. The number of nitrogens with zero attached hydrogens (tertiary/aromatic N) is 2. The van der Waals surface area contributed by atoms with Crippen molar-refractivity contribution in [3.05, 3.63) is 30.1 Å². The predicted molar refractivity (Wildman–Crippen MR) is 92.3 cm³/mol. The van der Waals surface area contributed by atoms with Crippen molar-refractivity contribution in [1.82, 2.24) is 15.5 Å². The highest BCUT2D eigenvalue weighted by Crippen LogP contribution is 2.27. The van der Waals surface area contributed by atoms with Gasteiger partial charge in [0.1, 0.15) is 0 Å². The molecule has 0 aliphatic rings. The van der Waals surface area contributed by atoms with Crippen molar-refractivity contribution in [3.8, 4) is 11.5 Å². The topological polar surface area (TPSA) is 97.1 Å². The third-order valence-corrected chi connectivity index (χ3v) is 4.54. The lowest BCUT2D eigenvalue weighted by molar-refractivity contribution is 0.418. The van der Waals surface area contributed by atoms with Crippen LogP contribution in [-0.4, -0.2) is 37.4 Å². The monoisotopic (exact) mass is 360 g/mol. The van der Waals surface area contributed by atoms with Crippen LogP contribution in [0.1, 0.15) is 19.7 Å². The fourth-order valence-corrected chi connectivity index (χ4v) is 2.48. The van der Waals surface area contributed by atoms with Gasteiger partial charge in [-0.1, -0.05) is 17.3 Å². The van der Waals surface area contributed by atoms with Crippen LogP contribution in [-0.2, 0) is 16.4 Å². The first kappa shape index (κ1) is 19.4. The number of para-hydroxylation sites is 1. The maximum atomic E-state index is 11.8. The molecule has 2 aromatic rings. The molecule has 128 valence electrons. The first-order valence-corrected chi connectivity index (χ1v) is 8.70. The first-order valence-electron chi connectivity index (χ1n) is 7.05. The summed E-state index contributed by atoms with van der Waals surface area (Å²) in [5, 5.41) is 7.03. The molecule has 1 heterocycles. The molecule has 0 saturated carbocycles. The molecule has 0 radical (unpaired) electrons. The van der Waals surface area contributed by atoms with Crippen LogP contribution in [0.3, 0.4) is 0 Å². The number of hydrogen-bond acceptors (Lipinski definition) is 6. The standard InChI is InChI=1S/C14H20N4O3S.ClH/c1-4-22(19,20)18-12-8-6-5-7-11(12)14-16-13(17-21-14)9-10(2)15-3;/h5-8,10,15,18H,4,9H2,1-3H3;1H. The summed E-state index contributed by atoms with van der Waals surface area (Å²) in [6.45, 7) is 3.59. The number of rotatable bonds is 7. The van der Waals surface area contributed by atoms with E-state index in [2.05, 4.69) is 20.2 Å². The Morgan fingerprint density at radius 3 is 2.65 bits per heavy atom. The molecule has 1 aromatic carbocycles. The third kappa shape index (κ3) is 5.19. The van der Waals surface area contributed by atoms with Gasteiger partial charge in [-0.2, -0.15) is 4.98 Å². The van der Waals surface area contributed by atoms with E-state index < -0.39 is 10.0 Å². The normalized spacial score (nSPS) is 12.5. The maximum absolute atomic E-state index is 11.8. The van der Waals surface area contributed by atoms with Gasteiger partial charge in [0.25, 0.3) is 5.89 Å². The number of benzene rings is 1. The first-order chi connectivity index (χ1) is 10.4. The fourth-order valence-electron chi connectivity index (χ4n) is 1.82. The number of hydrogen-bond donors (Lipinski definition) is 2. The summed E-state index contributed by atoms with van der Waals surface area (Å²) in [4.78, 5) is 4.33. The Labute approximate surface area is 142 Å². The van der Waals surface area contributed by atoms with Gasteiger partial charge in [-0.3, -0.25) is 4.72 Å². The molecular formula is C14H21ClN4O3S. The second kappa shape index (κ2) is 8.28. The molecule has 2 rings (SSSR count). The number of nitrogens with one attached hydrogen (secondary N) is 2. The van der Waals surface area contributed by atoms with E-state index in [4.69, 9.17) is 4.52 Å². The van der Waals surface area contributed by atoms with Crippen molar-refractivity contribution < 1.29 is 12.9 Å². The molecule has 0 bridgehead atoms. The zero-order valence-electron chi connectivity index (χ0n) is 13.2. The molecule has 0 saturated heterocycles. The van der Waals surface area contributed by atoms with E-state index >= 15 is 0 Å². The van der Waals surface area contributed by atoms with Gasteiger partial charge in [0.2, 0.25) is 10.0 Å². The van der Waals surface area contributed by atoms with Gasteiger partial charge in [-0.25, -0.2) is 8.42 Å². The lowest BCUT2D eigenvalue weighted by Gasteiger charge is -2.08. The average Bonchev–Trinajstić information content (AvgIpc) is 2.95. The van der Waals surface area contributed by atoms with E-state index in [1.54, 1.807) is 31.2 Å². The van der Waals surface area contributed by atoms with Crippen molar-refractivity contribution in [1.29, 1.82) is 0 Å². The van der Waals surface area contributed by atoms with Gasteiger partial charge in [0.05, 0.1) is 17.0 Å². The van der Waals surface area contributed by atoms with Gasteiger partial charge in [0.15, 0.2) is 5.82 Å². The Kier molecular flexibility index (Phi) is 6.99. The number of anilines is 1. The molecule has 1 unspecified atom stereocenters. The second-order valence-electron chi connectivity index (χ2n) is 4.96. The number of sulfonamides is 1. The van der Waals surface area contributed by atoms with Gasteiger partial charge in [-0.05, 0) is 33.0 Å². The fraction of sp³-hybridized carbons (Fsp3) is 0.429. The van der Waals surface area contributed by atoms with Crippen LogP contribution in [0.15, 0.2) is 28.8 Å². The van der Waals surface area contributed by atoms with Crippen LogP contribution in [0.2, 0.25) is 0 Å². The summed E-state index contributed by atoms with van der Waals surface area (Å²) in [6, 6.07) is 7.17. The van der Waals surface area contributed by atoms with E-state index in [-0.39, 0.29) is 24.2 Å². The number of aromatic nitrogens is 2. The summed E-state index contributed by atoms with van der Waals surface area (Å²) in [5.74, 6) is 0.869. The Morgan fingerprint density at radius 2 is 2.00 bits per heavy atom. The van der Waals surface area contributed by atoms with Gasteiger partial charge < -0.3 is 9.84 Å². The lowest BCUT2D eigenvalue weighted by Crippen LogP contribution is -2.24. The smallest absolute Gasteiger partial charge is 0.260 e.